The normalized spacial score (nSPS) is 11.5. The second-order valence-corrected chi connectivity index (χ2v) is 6.64. The van der Waals surface area contributed by atoms with Gasteiger partial charge < -0.3 is 4.74 Å². The van der Waals surface area contributed by atoms with Gasteiger partial charge in [0.25, 0.3) is 16.4 Å². The van der Waals surface area contributed by atoms with Crippen molar-refractivity contribution in [2.75, 3.05) is 11.8 Å². The van der Waals surface area contributed by atoms with Crippen molar-refractivity contribution in [1.82, 2.24) is 9.78 Å². The predicted octanol–water partition coefficient (Wildman–Crippen LogP) is 2.39. The Morgan fingerprint density at radius 3 is 2.79 bits per heavy atom. The predicted molar refractivity (Wildman–Crippen MR) is 81.8 cm³/mol. The first-order valence-electron chi connectivity index (χ1n) is 6.44. The molecule has 0 aliphatic heterocycles. The molecule has 0 saturated carbocycles. The van der Waals surface area contributed by atoms with Crippen LogP contribution in [-0.2, 0) is 21.3 Å². The molecule has 2 aromatic rings. The maximum absolute atomic E-state index is 12.4. The minimum absolute atomic E-state index is 0.00401. The van der Waals surface area contributed by atoms with Gasteiger partial charge in [-0.2, -0.15) is 5.10 Å². The molecular formula is C13H12ClF2N3O4S. The second kappa shape index (κ2) is 7.14. The third-order valence-corrected chi connectivity index (χ3v) is 4.72. The zero-order chi connectivity index (χ0) is 17.9. The van der Waals surface area contributed by atoms with E-state index in [0.717, 1.165) is 30.3 Å². The van der Waals surface area contributed by atoms with Crippen LogP contribution in [0.4, 0.5) is 14.5 Å². The molecule has 1 aromatic carbocycles. The molecule has 0 radical (unpaired) electrons. The lowest BCUT2D eigenvalue weighted by Crippen LogP contribution is -2.14. The van der Waals surface area contributed by atoms with Gasteiger partial charge in [0.2, 0.25) is 0 Å². The minimum atomic E-state index is -4.15. The summed E-state index contributed by atoms with van der Waals surface area (Å²) in [5.74, 6) is -0.729. The van der Waals surface area contributed by atoms with Gasteiger partial charge in [-0.05, 0) is 18.2 Å². The number of halogens is 3. The number of sulfonamides is 1. The van der Waals surface area contributed by atoms with Crippen LogP contribution >= 0.6 is 11.6 Å². The number of nitrogens with zero attached hydrogens (tertiary/aromatic N) is 2. The lowest BCUT2D eigenvalue weighted by Gasteiger charge is -2.09. The highest BCUT2D eigenvalue weighted by atomic mass is 35.5. The van der Waals surface area contributed by atoms with Gasteiger partial charge >= 0.3 is 5.97 Å². The molecule has 0 aliphatic carbocycles. The molecule has 0 unspecified atom stereocenters. The molecular weight excluding hydrogens is 368 g/mol. The molecule has 24 heavy (non-hydrogen) atoms. The molecule has 0 bridgehead atoms. The summed E-state index contributed by atoms with van der Waals surface area (Å²) in [5, 5.41) is 3.50. The molecule has 2 rings (SSSR count). The summed E-state index contributed by atoms with van der Waals surface area (Å²) in [4.78, 5) is 11.2. The van der Waals surface area contributed by atoms with Crippen molar-refractivity contribution in [2.24, 2.45) is 0 Å². The maximum atomic E-state index is 12.4. The number of carbonyl (C=O) groups is 1. The Morgan fingerprint density at radius 1 is 1.46 bits per heavy atom. The first-order valence-corrected chi connectivity index (χ1v) is 8.30. The monoisotopic (exact) mass is 379 g/mol. The zero-order valence-corrected chi connectivity index (χ0v) is 13.8. The Bertz CT molecular complexity index is 855. The molecule has 7 nitrogen and oxygen atoms in total. The van der Waals surface area contributed by atoms with Crippen LogP contribution in [0.2, 0.25) is 5.02 Å². The van der Waals surface area contributed by atoms with Crippen LogP contribution in [0.15, 0.2) is 35.5 Å². The average Bonchev–Trinajstić information content (AvgIpc) is 2.92. The van der Waals surface area contributed by atoms with Crippen molar-refractivity contribution in [3.63, 3.8) is 0 Å². The Morgan fingerprint density at radius 2 is 2.17 bits per heavy atom. The van der Waals surface area contributed by atoms with E-state index in [1.807, 2.05) is 0 Å². The minimum Gasteiger partial charge on any atom is -0.465 e. The summed E-state index contributed by atoms with van der Waals surface area (Å²) in [6, 6.07) is 3.61. The fraction of sp³-hybridized carbons (Fsp3) is 0.231. The SMILES string of the molecule is COC(=O)c1ccc(Cl)c(S(=O)(=O)Nc2cnn(CC(F)F)c2)c1. The summed E-state index contributed by atoms with van der Waals surface area (Å²) in [6.45, 7) is -0.666. The number of esters is 1. The topological polar surface area (TPSA) is 90.3 Å². The van der Waals surface area contributed by atoms with E-state index >= 15 is 0 Å². The van der Waals surface area contributed by atoms with E-state index in [-0.39, 0.29) is 21.2 Å². The molecule has 130 valence electrons. The smallest absolute Gasteiger partial charge is 0.337 e. The number of hydrogen-bond acceptors (Lipinski definition) is 5. The molecule has 1 heterocycles. The van der Waals surface area contributed by atoms with E-state index in [2.05, 4.69) is 14.6 Å². The third-order valence-electron chi connectivity index (χ3n) is 2.85. The van der Waals surface area contributed by atoms with Crippen molar-refractivity contribution in [3.8, 4) is 0 Å². The molecule has 0 fully saturated rings. The van der Waals surface area contributed by atoms with Crippen molar-refractivity contribution in [3.05, 3.63) is 41.2 Å². The van der Waals surface area contributed by atoms with Crippen LogP contribution in [0.5, 0.6) is 0 Å². The third kappa shape index (κ3) is 4.20. The number of ether oxygens (including phenoxy) is 1. The lowest BCUT2D eigenvalue weighted by molar-refractivity contribution is 0.0600. The summed E-state index contributed by atoms with van der Waals surface area (Å²) in [6.07, 6.45) is -0.430. The van der Waals surface area contributed by atoms with Crippen LogP contribution in [-0.4, -0.2) is 37.7 Å². The van der Waals surface area contributed by atoms with E-state index in [1.165, 1.54) is 12.1 Å². The van der Waals surface area contributed by atoms with Gasteiger partial charge in [0.1, 0.15) is 11.4 Å². The van der Waals surface area contributed by atoms with E-state index < -0.39 is 29.0 Å². The van der Waals surface area contributed by atoms with E-state index in [4.69, 9.17) is 11.6 Å². The maximum Gasteiger partial charge on any atom is 0.337 e. The number of benzene rings is 1. The quantitative estimate of drug-likeness (QED) is 0.778. The van der Waals surface area contributed by atoms with Gasteiger partial charge in [-0.15, -0.1) is 0 Å². The van der Waals surface area contributed by atoms with Crippen LogP contribution in [0.25, 0.3) is 0 Å². The standard InChI is InChI=1S/C13H12ClF2N3O4S/c1-23-13(20)8-2-3-10(14)11(4-8)24(21,22)18-9-5-17-19(6-9)7-12(15)16/h2-6,12,18H,7H2,1H3. The van der Waals surface area contributed by atoms with Gasteiger partial charge in [-0.1, -0.05) is 11.6 Å². The zero-order valence-electron chi connectivity index (χ0n) is 12.2. The van der Waals surface area contributed by atoms with Crippen molar-refractivity contribution >= 4 is 33.3 Å². The van der Waals surface area contributed by atoms with Gasteiger partial charge in [-0.3, -0.25) is 9.40 Å². The Hall–Kier alpha value is -2.20. The molecule has 0 atom stereocenters. The Balaban J connectivity index is 2.30. The number of anilines is 1. The van der Waals surface area contributed by atoms with Crippen LogP contribution in [0.1, 0.15) is 10.4 Å². The van der Waals surface area contributed by atoms with Gasteiger partial charge in [-0.25, -0.2) is 22.0 Å². The fourth-order valence-electron chi connectivity index (χ4n) is 1.82. The number of aromatic nitrogens is 2. The lowest BCUT2D eigenvalue weighted by atomic mass is 10.2. The number of nitrogens with one attached hydrogen (secondary N) is 1. The first kappa shape index (κ1) is 18.1. The number of rotatable bonds is 6. The van der Waals surface area contributed by atoms with Gasteiger partial charge in [0, 0.05) is 6.20 Å². The van der Waals surface area contributed by atoms with Crippen molar-refractivity contribution in [2.45, 2.75) is 17.9 Å². The van der Waals surface area contributed by atoms with E-state index in [9.17, 15) is 22.0 Å². The summed E-state index contributed by atoms with van der Waals surface area (Å²) >= 11 is 5.88. The van der Waals surface area contributed by atoms with Gasteiger partial charge in [0.05, 0.1) is 29.6 Å². The molecule has 0 saturated heterocycles. The highest BCUT2D eigenvalue weighted by Crippen LogP contribution is 2.25. The molecule has 0 amide bonds. The fourth-order valence-corrected chi connectivity index (χ4v) is 3.38. The summed E-state index contributed by atoms with van der Waals surface area (Å²) < 4.78 is 56.9. The Kier molecular flexibility index (Phi) is 5.40. The van der Waals surface area contributed by atoms with Gasteiger partial charge in [0.15, 0.2) is 0 Å². The molecule has 1 aromatic heterocycles. The molecule has 0 spiro atoms. The first-order chi connectivity index (χ1) is 11.2. The number of alkyl halides is 2. The Labute approximate surface area is 141 Å². The van der Waals surface area contributed by atoms with Crippen molar-refractivity contribution < 1.29 is 26.7 Å². The summed E-state index contributed by atoms with van der Waals surface area (Å²) in [7, 11) is -3.00. The largest absolute Gasteiger partial charge is 0.465 e. The van der Waals surface area contributed by atoms with Crippen LogP contribution in [0.3, 0.4) is 0 Å². The highest BCUT2D eigenvalue weighted by molar-refractivity contribution is 7.92. The van der Waals surface area contributed by atoms with Crippen LogP contribution < -0.4 is 4.72 Å². The number of methoxy groups -OCH3 is 1. The summed E-state index contributed by atoms with van der Waals surface area (Å²) in [5.41, 5.74) is -0.0224. The van der Waals surface area contributed by atoms with Crippen LogP contribution in [0, 0.1) is 0 Å². The average molecular weight is 380 g/mol. The number of hydrogen-bond donors (Lipinski definition) is 1. The molecule has 11 heteroatoms. The van der Waals surface area contributed by atoms with Crippen molar-refractivity contribution in [1.29, 1.82) is 0 Å². The second-order valence-electron chi connectivity index (χ2n) is 4.58. The van der Waals surface area contributed by atoms with E-state index in [0.29, 0.717) is 0 Å². The highest BCUT2D eigenvalue weighted by Gasteiger charge is 2.21. The van der Waals surface area contributed by atoms with E-state index in [1.54, 1.807) is 0 Å². The molecule has 0 aliphatic rings. The molecule has 1 N–H and O–H groups in total. The number of carbonyl (C=O) groups excluding carboxylic acids is 1.